The molecule has 0 spiro atoms. The highest BCUT2D eigenvalue weighted by Crippen LogP contribution is 2.36. The molecule has 1 aliphatic heterocycles. The van der Waals surface area contributed by atoms with E-state index in [1.165, 1.54) is 41.3 Å². The van der Waals surface area contributed by atoms with E-state index in [0.717, 1.165) is 11.6 Å². The van der Waals surface area contributed by atoms with Crippen molar-refractivity contribution in [1.29, 1.82) is 5.26 Å². The summed E-state index contributed by atoms with van der Waals surface area (Å²) in [4.78, 5) is 11.5. The number of likely N-dealkylation sites (N-methyl/N-ethyl adjacent to an activating group) is 1. The molecule has 0 aromatic heterocycles. The summed E-state index contributed by atoms with van der Waals surface area (Å²) in [5.41, 5.74) is 1.42. The maximum Gasteiger partial charge on any atom is 0.326 e. The van der Waals surface area contributed by atoms with Crippen molar-refractivity contribution < 1.29 is 18.7 Å². The third kappa shape index (κ3) is 2.91. The van der Waals surface area contributed by atoms with E-state index in [4.69, 9.17) is 5.26 Å². The number of aryl methyl sites for hydroxylation is 1. The van der Waals surface area contributed by atoms with Crippen LogP contribution in [0, 0.1) is 29.9 Å². The summed E-state index contributed by atoms with van der Waals surface area (Å²) in [6, 6.07) is 9.24. The van der Waals surface area contributed by atoms with Crippen LogP contribution in [0.3, 0.4) is 0 Å². The zero-order chi connectivity index (χ0) is 19.0. The van der Waals surface area contributed by atoms with Gasteiger partial charge in [-0.25, -0.2) is 13.8 Å². The normalized spacial score (nSPS) is 17.1. The number of hydrazine groups is 1. The number of carbonyl (C=O) groups is 1. The highest BCUT2D eigenvalue weighted by atomic mass is 19.1. The van der Waals surface area contributed by atoms with Gasteiger partial charge in [-0.15, -0.1) is 0 Å². The second-order valence-corrected chi connectivity index (χ2v) is 5.98. The number of benzene rings is 2. The zero-order valence-electron chi connectivity index (χ0n) is 14.1. The third-order valence-corrected chi connectivity index (χ3v) is 4.23. The molecule has 3 rings (SSSR count). The van der Waals surface area contributed by atoms with Crippen molar-refractivity contribution in [2.24, 2.45) is 0 Å². The average Bonchev–Trinajstić information content (AvgIpc) is 2.92. The molecule has 132 valence electrons. The Morgan fingerprint density at radius 3 is 2.50 bits per heavy atom. The molecule has 0 amide bonds. The summed E-state index contributed by atoms with van der Waals surface area (Å²) >= 11 is 0. The van der Waals surface area contributed by atoms with Gasteiger partial charge in [-0.1, -0.05) is 12.1 Å². The molecule has 0 aliphatic carbocycles. The van der Waals surface area contributed by atoms with Crippen LogP contribution in [-0.2, 0) is 4.79 Å². The lowest BCUT2D eigenvalue weighted by Gasteiger charge is -2.32. The summed E-state index contributed by atoms with van der Waals surface area (Å²) in [6.07, 6.45) is 1.42. The van der Waals surface area contributed by atoms with E-state index < -0.39 is 23.6 Å². The van der Waals surface area contributed by atoms with E-state index in [0.29, 0.717) is 11.3 Å². The van der Waals surface area contributed by atoms with Crippen molar-refractivity contribution in [2.45, 2.75) is 13.0 Å². The molecule has 2 aromatic rings. The van der Waals surface area contributed by atoms with Crippen LogP contribution >= 0.6 is 0 Å². The minimum Gasteiger partial charge on any atom is -0.480 e. The number of nitriles is 1. The molecule has 26 heavy (non-hydrogen) atoms. The highest BCUT2D eigenvalue weighted by Gasteiger charge is 2.36. The van der Waals surface area contributed by atoms with Crippen molar-refractivity contribution in [2.75, 3.05) is 12.1 Å². The summed E-state index contributed by atoms with van der Waals surface area (Å²) in [5.74, 6) is -2.37. The summed E-state index contributed by atoms with van der Waals surface area (Å²) < 4.78 is 28.6. The van der Waals surface area contributed by atoms with Gasteiger partial charge < -0.3 is 5.11 Å². The van der Waals surface area contributed by atoms with Crippen molar-refractivity contribution in [3.05, 3.63) is 70.8 Å². The van der Waals surface area contributed by atoms with Crippen LogP contribution < -0.4 is 5.01 Å². The molecule has 0 saturated heterocycles. The Labute approximate surface area is 149 Å². The SMILES string of the molecule is Cc1ccc(N2C(c3ccc(C#N)c(F)c3)=CC(C(=O)O)N2C)c(F)c1. The summed E-state index contributed by atoms with van der Waals surface area (Å²) in [6.45, 7) is 1.74. The summed E-state index contributed by atoms with van der Waals surface area (Å²) in [7, 11) is 1.52. The first-order chi connectivity index (χ1) is 12.3. The fourth-order valence-corrected chi connectivity index (χ4v) is 2.92. The predicted octanol–water partition coefficient (Wildman–Crippen LogP) is 3.31. The number of carboxylic acid groups (broad SMARTS) is 1. The third-order valence-electron chi connectivity index (χ3n) is 4.23. The number of hydrogen-bond donors (Lipinski definition) is 1. The van der Waals surface area contributed by atoms with Crippen molar-refractivity contribution in [3.63, 3.8) is 0 Å². The quantitative estimate of drug-likeness (QED) is 0.915. The van der Waals surface area contributed by atoms with E-state index in [1.807, 2.05) is 0 Å². The lowest BCUT2D eigenvalue weighted by molar-refractivity contribution is -0.140. The second-order valence-electron chi connectivity index (χ2n) is 5.98. The standard InChI is InChI=1S/C19H15F2N3O2/c1-11-3-6-16(15(21)7-11)24-17(9-18(19(25)26)23(24)2)12-4-5-13(10-22)14(20)8-12/h3-9,18H,1-2H3,(H,25,26). The fraction of sp³-hybridized carbons (Fsp3) is 0.158. The Hall–Kier alpha value is -3.24. The van der Waals surface area contributed by atoms with E-state index in [-0.39, 0.29) is 11.3 Å². The van der Waals surface area contributed by atoms with Crippen LogP contribution in [0.2, 0.25) is 0 Å². The van der Waals surface area contributed by atoms with Crippen LogP contribution in [0.4, 0.5) is 14.5 Å². The first-order valence-electron chi connectivity index (χ1n) is 7.77. The largest absolute Gasteiger partial charge is 0.480 e. The average molecular weight is 355 g/mol. The van der Waals surface area contributed by atoms with Crippen LogP contribution in [0.25, 0.3) is 5.70 Å². The Bertz CT molecular complexity index is 966. The van der Waals surface area contributed by atoms with Gasteiger partial charge in [0.15, 0.2) is 0 Å². The Morgan fingerprint density at radius 1 is 1.19 bits per heavy atom. The molecule has 1 heterocycles. The maximum absolute atomic E-state index is 14.5. The van der Waals surface area contributed by atoms with Gasteiger partial charge in [0.25, 0.3) is 0 Å². The van der Waals surface area contributed by atoms with Crippen molar-refractivity contribution in [3.8, 4) is 6.07 Å². The molecule has 0 bridgehead atoms. The number of nitrogens with zero attached hydrogens (tertiary/aromatic N) is 3. The number of aliphatic carboxylic acids is 1. The van der Waals surface area contributed by atoms with Gasteiger partial charge in [-0.3, -0.25) is 9.80 Å². The van der Waals surface area contributed by atoms with E-state index in [1.54, 1.807) is 25.1 Å². The lowest BCUT2D eigenvalue weighted by Crippen LogP contribution is -2.43. The first-order valence-corrected chi connectivity index (χ1v) is 7.77. The van der Waals surface area contributed by atoms with Crippen LogP contribution in [0.5, 0.6) is 0 Å². The second kappa shape index (κ2) is 6.58. The molecule has 0 saturated carbocycles. The molecule has 7 heteroatoms. The van der Waals surface area contributed by atoms with Gasteiger partial charge in [-0.2, -0.15) is 5.26 Å². The minimum atomic E-state index is -1.12. The molecule has 5 nitrogen and oxygen atoms in total. The predicted molar refractivity (Wildman–Crippen MR) is 91.9 cm³/mol. The fourth-order valence-electron chi connectivity index (χ4n) is 2.92. The minimum absolute atomic E-state index is 0.122. The van der Waals surface area contributed by atoms with E-state index >= 15 is 0 Å². The smallest absolute Gasteiger partial charge is 0.326 e. The molecule has 0 fully saturated rings. The molecule has 1 unspecified atom stereocenters. The molecule has 1 N–H and O–H groups in total. The van der Waals surface area contributed by atoms with Gasteiger partial charge >= 0.3 is 5.97 Å². The Kier molecular flexibility index (Phi) is 4.45. The Morgan fingerprint density at radius 2 is 1.92 bits per heavy atom. The number of rotatable bonds is 3. The number of halogens is 2. The van der Waals surface area contributed by atoms with Gasteiger partial charge in [0, 0.05) is 12.6 Å². The molecular weight excluding hydrogens is 340 g/mol. The highest BCUT2D eigenvalue weighted by molar-refractivity contribution is 5.89. The first kappa shape index (κ1) is 17.6. The molecular formula is C19H15F2N3O2. The van der Waals surface area contributed by atoms with Gasteiger partial charge in [0.2, 0.25) is 0 Å². The molecule has 1 atom stereocenters. The monoisotopic (exact) mass is 355 g/mol. The van der Waals surface area contributed by atoms with Gasteiger partial charge in [0.05, 0.1) is 16.9 Å². The number of anilines is 1. The van der Waals surface area contributed by atoms with Crippen molar-refractivity contribution in [1.82, 2.24) is 5.01 Å². The van der Waals surface area contributed by atoms with E-state index in [9.17, 15) is 18.7 Å². The molecule has 1 aliphatic rings. The number of hydrogen-bond acceptors (Lipinski definition) is 4. The number of carboxylic acids is 1. The van der Waals surface area contributed by atoms with Gasteiger partial charge in [-0.05, 0) is 42.8 Å². The molecule has 2 aromatic carbocycles. The maximum atomic E-state index is 14.5. The Balaban J connectivity index is 2.15. The van der Waals surface area contributed by atoms with Crippen LogP contribution in [-0.4, -0.2) is 29.2 Å². The van der Waals surface area contributed by atoms with E-state index in [2.05, 4.69) is 0 Å². The van der Waals surface area contributed by atoms with Gasteiger partial charge in [0.1, 0.15) is 23.7 Å². The molecule has 0 radical (unpaired) electrons. The van der Waals surface area contributed by atoms with Crippen LogP contribution in [0.1, 0.15) is 16.7 Å². The van der Waals surface area contributed by atoms with Crippen LogP contribution in [0.15, 0.2) is 42.5 Å². The summed E-state index contributed by atoms with van der Waals surface area (Å²) in [5, 5.41) is 21.1. The van der Waals surface area contributed by atoms with Crippen molar-refractivity contribution >= 4 is 17.4 Å². The topological polar surface area (TPSA) is 67.6 Å². The zero-order valence-corrected chi connectivity index (χ0v) is 14.1. The lowest BCUT2D eigenvalue weighted by atomic mass is 10.1.